The third kappa shape index (κ3) is 1.77. The van der Waals surface area contributed by atoms with E-state index in [1.54, 1.807) is 5.51 Å². The maximum Gasteiger partial charge on any atom is 0.312 e. The predicted octanol–water partition coefficient (Wildman–Crippen LogP) is 1.57. The van der Waals surface area contributed by atoms with Gasteiger partial charge in [0.05, 0.1) is 17.3 Å². The lowest BCUT2D eigenvalue weighted by Crippen LogP contribution is -2.39. The first-order chi connectivity index (χ1) is 7.15. The summed E-state index contributed by atoms with van der Waals surface area (Å²) in [6, 6.07) is 0. The SMILES string of the molecule is CC1OCCC1(Cc1cscn1)C(=O)O. The lowest BCUT2D eigenvalue weighted by molar-refractivity contribution is -0.151. The lowest BCUT2D eigenvalue weighted by Gasteiger charge is -2.26. The smallest absolute Gasteiger partial charge is 0.312 e. The van der Waals surface area contributed by atoms with Gasteiger partial charge < -0.3 is 9.84 Å². The molecule has 1 aliphatic rings. The van der Waals surface area contributed by atoms with Gasteiger partial charge in [-0.2, -0.15) is 0 Å². The van der Waals surface area contributed by atoms with E-state index in [0.29, 0.717) is 19.4 Å². The minimum absolute atomic E-state index is 0.239. The minimum atomic E-state index is -0.784. The van der Waals surface area contributed by atoms with Gasteiger partial charge in [-0.05, 0) is 13.3 Å². The highest BCUT2D eigenvalue weighted by molar-refractivity contribution is 7.07. The number of nitrogens with zero attached hydrogens (tertiary/aromatic N) is 1. The molecule has 2 rings (SSSR count). The van der Waals surface area contributed by atoms with Gasteiger partial charge in [0.2, 0.25) is 0 Å². The Bertz CT molecular complexity index is 352. The van der Waals surface area contributed by atoms with Gasteiger partial charge in [-0.25, -0.2) is 4.98 Å². The number of rotatable bonds is 3. The van der Waals surface area contributed by atoms with Gasteiger partial charge in [-0.15, -0.1) is 11.3 Å². The van der Waals surface area contributed by atoms with Crippen LogP contribution in [0.1, 0.15) is 19.0 Å². The van der Waals surface area contributed by atoms with Crippen molar-refractivity contribution in [2.24, 2.45) is 5.41 Å². The van der Waals surface area contributed by atoms with Crippen LogP contribution in [0.25, 0.3) is 0 Å². The number of ether oxygens (including phenoxy) is 1. The van der Waals surface area contributed by atoms with E-state index in [1.165, 1.54) is 11.3 Å². The standard InChI is InChI=1S/C10H13NO3S/c1-7-10(9(12)13,2-3-14-7)4-8-5-15-6-11-8/h5-7H,2-4H2,1H3,(H,12,13). The maximum atomic E-state index is 11.4. The highest BCUT2D eigenvalue weighted by Gasteiger charge is 2.48. The van der Waals surface area contributed by atoms with Crippen LogP contribution in [0.4, 0.5) is 0 Å². The van der Waals surface area contributed by atoms with Crippen LogP contribution >= 0.6 is 11.3 Å². The van der Waals surface area contributed by atoms with E-state index >= 15 is 0 Å². The molecule has 2 atom stereocenters. The summed E-state index contributed by atoms with van der Waals surface area (Å²) in [5.41, 5.74) is 1.79. The summed E-state index contributed by atoms with van der Waals surface area (Å²) in [4.78, 5) is 15.5. The molecule has 1 aliphatic heterocycles. The molecule has 0 aromatic carbocycles. The molecule has 15 heavy (non-hydrogen) atoms. The zero-order valence-electron chi connectivity index (χ0n) is 8.47. The van der Waals surface area contributed by atoms with Crippen molar-refractivity contribution in [1.82, 2.24) is 4.98 Å². The van der Waals surface area contributed by atoms with Gasteiger partial charge >= 0.3 is 5.97 Å². The van der Waals surface area contributed by atoms with E-state index in [-0.39, 0.29) is 6.10 Å². The highest BCUT2D eigenvalue weighted by Crippen LogP contribution is 2.38. The molecule has 1 N–H and O–H groups in total. The van der Waals surface area contributed by atoms with Crippen LogP contribution in [0, 0.1) is 5.41 Å². The Morgan fingerprint density at radius 1 is 1.87 bits per heavy atom. The van der Waals surface area contributed by atoms with E-state index in [4.69, 9.17) is 4.74 Å². The van der Waals surface area contributed by atoms with Gasteiger partial charge in [0.1, 0.15) is 5.41 Å². The summed E-state index contributed by atoms with van der Waals surface area (Å²) in [5, 5.41) is 11.2. The van der Waals surface area contributed by atoms with E-state index in [9.17, 15) is 9.90 Å². The monoisotopic (exact) mass is 227 g/mol. The number of carbonyl (C=O) groups is 1. The normalized spacial score (nSPS) is 30.6. The Morgan fingerprint density at radius 2 is 2.67 bits per heavy atom. The van der Waals surface area contributed by atoms with Crippen LogP contribution in [0.15, 0.2) is 10.9 Å². The Kier molecular flexibility index (Phi) is 2.75. The molecule has 1 fully saturated rings. The van der Waals surface area contributed by atoms with Crippen molar-refractivity contribution < 1.29 is 14.6 Å². The molecule has 0 saturated carbocycles. The molecule has 0 amide bonds. The number of hydrogen-bond donors (Lipinski definition) is 1. The molecule has 2 heterocycles. The average molecular weight is 227 g/mol. The fourth-order valence-corrected chi connectivity index (χ4v) is 2.58. The first-order valence-electron chi connectivity index (χ1n) is 4.87. The molecule has 1 aromatic heterocycles. The van der Waals surface area contributed by atoms with Crippen molar-refractivity contribution in [3.63, 3.8) is 0 Å². The number of aliphatic carboxylic acids is 1. The molecule has 0 spiro atoms. The summed E-state index contributed by atoms with van der Waals surface area (Å²) in [5.74, 6) is -0.777. The molecule has 0 radical (unpaired) electrons. The van der Waals surface area contributed by atoms with Crippen molar-refractivity contribution in [1.29, 1.82) is 0 Å². The lowest BCUT2D eigenvalue weighted by atomic mass is 9.78. The first-order valence-corrected chi connectivity index (χ1v) is 5.81. The number of carboxylic acid groups (broad SMARTS) is 1. The molecule has 2 unspecified atom stereocenters. The van der Waals surface area contributed by atoms with Gasteiger partial charge in [-0.3, -0.25) is 4.79 Å². The number of hydrogen-bond acceptors (Lipinski definition) is 4. The van der Waals surface area contributed by atoms with Crippen LogP contribution in [-0.2, 0) is 16.0 Å². The van der Waals surface area contributed by atoms with Crippen LogP contribution < -0.4 is 0 Å². The Hall–Kier alpha value is -0.940. The molecule has 5 heteroatoms. The summed E-state index contributed by atoms with van der Waals surface area (Å²) >= 11 is 1.49. The first kappa shape index (κ1) is 10.6. The van der Waals surface area contributed by atoms with E-state index in [1.807, 2.05) is 12.3 Å². The Morgan fingerprint density at radius 3 is 3.13 bits per heavy atom. The zero-order chi connectivity index (χ0) is 10.9. The second-order valence-corrected chi connectivity index (χ2v) is 4.60. The van der Waals surface area contributed by atoms with Crippen LogP contribution in [0.2, 0.25) is 0 Å². The molecular weight excluding hydrogens is 214 g/mol. The van der Waals surface area contributed by atoms with Crippen LogP contribution in [-0.4, -0.2) is 28.8 Å². The largest absolute Gasteiger partial charge is 0.481 e. The molecule has 82 valence electrons. The molecule has 0 bridgehead atoms. The third-order valence-electron chi connectivity index (χ3n) is 3.10. The van der Waals surface area contributed by atoms with Gasteiger partial charge in [0, 0.05) is 18.4 Å². The van der Waals surface area contributed by atoms with Gasteiger partial charge in [-0.1, -0.05) is 0 Å². The zero-order valence-corrected chi connectivity index (χ0v) is 9.29. The van der Waals surface area contributed by atoms with Crippen LogP contribution in [0.5, 0.6) is 0 Å². The molecule has 1 aromatic rings. The van der Waals surface area contributed by atoms with Crippen molar-refractivity contribution in [2.75, 3.05) is 6.61 Å². The van der Waals surface area contributed by atoms with Crippen molar-refractivity contribution >= 4 is 17.3 Å². The Balaban J connectivity index is 2.24. The molecule has 1 saturated heterocycles. The third-order valence-corrected chi connectivity index (χ3v) is 3.74. The number of carboxylic acids is 1. The van der Waals surface area contributed by atoms with E-state index < -0.39 is 11.4 Å². The maximum absolute atomic E-state index is 11.4. The summed E-state index contributed by atoms with van der Waals surface area (Å²) < 4.78 is 5.37. The quantitative estimate of drug-likeness (QED) is 0.851. The van der Waals surface area contributed by atoms with Crippen molar-refractivity contribution in [2.45, 2.75) is 25.9 Å². The predicted molar refractivity (Wildman–Crippen MR) is 55.9 cm³/mol. The molecular formula is C10H13NO3S. The summed E-state index contributed by atoms with van der Waals surface area (Å²) in [7, 11) is 0. The second-order valence-electron chi connectivity index (χ2n) is 3.88. The van der Waals surface area contributed by atoms with E-state index in [2.05, 4.69) is 4.98 Å². The summed E-state index contributed by atoms with van der Waals surface area (Å²) in [6.07, 6.45) is 0.797. The Labute approximate surface area is 91.9 Å². The van der Waals surface area contributed by atoms with Gasteiger partial charge in [0.15, 0.2) is 0 Å². The second kappa shape index (κ2) is 3.90. The molecule has 4 nitrogen and oxygen atoms in total. The fraction of sp³-hybridized carbons (Fsp3) is 0.600. The van der Waals surface area contributed by atoms with E-state index in [0.717, 1.165) is 5.69 Å². The number of aromatic nitrogens is 1. The van der Waals surface area contributed by atoms with Crippen LogP contribution in [0.3, 0.4) is 0 Å². The minimum Gasteiger partial charge on any atom is -0.481 e. The average Bonchev–Trinajstić information content (AvgIpc) is 2.78. The van der Waals surface area contributed by atoms with Crippen molar-refractivity contribution in [3.05, 3.63) is 16.6 Å². The van der Waals surface area contributed by atoms with Gasteiger partial charge in [0.25, 0.3) is 0 Å². The number of thiazole rings is 1. The van der Waals surface area contributed by atoms with Crippen molar-refractivity contribution in [3.8, 4) is 0 Å². The summed E-state index contributed by atoms with van der Waals surface area (Å²) in [6.45, 7) is 2.35. The molecule has 0 aliphatic carbocycles. The topological polar surface area (TPSA) is 59.4 Å². The highest BCUT2D eigenvalue weighted by atomic mass is 32.1. The fourth-order valence-electron chi connectivity index (χ4n) is 2.02.